The van der Waals surface area contributed by atoms with Gasteiger partial charge in [-0.15, -0.1) is 0 Å². The second-order valence-corrected chi connectivity index (χ2v) is 8.36. The summed E-state index contributed by atoms with van der Waals surface area (Å²) in [5, 5.41) is 3.33. The second kappa shape index (κ2) is 12.1. The van der Waals surface area contributed by atoms with E-state index in [2.05, 4.69) is 33.9 Å². The largest absolute Gasteiger partial charge is 0.496 e. The van der Waals surface area contributed by atoms with E-state index in [0.717, 1.165) is 49.4 Å². The summed E-state index contributed by atoms with van der Waals surface area (Å²) in [5.41, 5.74) is 2.53. The molecule has 0 bridgehead atoms. The zero-order valence-corrected chi connectivity index (χ0v) is 21.3. The van der Waals surface area contributed by atoms with E-state index in [1.165, 1.54) is 6.39 Å². The van der Waals surface area contributed by atoms with Crippen molar-refractivity contribution in [3.8, 4) is 28.5 Å². The van der Waals surface area contributed by atoms with Crippen molar-refractivity contribution in [2.45, 2.75) is 20.3 Å². The Balaban J connectivity index is 1.60. The van der Waals surface area contributed by atoms with Crippen LogP contribution in [0.2, 0.25) is 0 Å². The first kappa shape index (κ1) is 25.1. The minimum absolute atomic E-state index is 0.462. The summed E-state index contributed by atoms with van der Waals surface area (Å²) in [6, 6.07) is 15.7. The van der Waals surface area contributed by atoms with Crippen LogP contribution in [0.4, 0.5) is 17.6 Å². The zero-order valence-electron chi connectivity index (χ0n) is 21.3. The summed E-state index contributed by atoms with van der Waals surface area (Å²) >= 11 is 0. The van der Waals surface area contributed by atoms with Gasteiger partial charge in [-0.3, -0.25) is 0 Å². The molecule has 0 spiro atoms. The summed E-state index contributed by atoms with van der Waals surface area (Å²) in [4.78, 5) is 22.7. The van der Waals surface area contributed by atoms with Crippen molar-refractivity contribution in [1.29, 1.82) is 0 Å². The fourth-order valence-corrected chi connectivity index (χ4v) is 3.93. The van der Waals surface area contributed by atoms with E-state index in [4.69, 9.17) is 24.1 Å². The highest BCUT2D eigenvalue weighted by Crippen LogP contribution is 2.33. The van der Waals surface area contributed by atoms with Crippen LogP contribution in [0.3, 0.4) is 0 Å². The normalized spacial score (nSPS) is 11.0. The molecule has 2 heterocycles. The first-order valence-electron chi connectivity index (χ1n) is 12.2. The highest BCUT2D eigenvalue weighted by atomic mass is 16.5. The molecule has 1 N–H and O–H groups in total. The van der Waals surface area contributed by atoms with Crippen molar-refractivity contribution in [2.75, 3.05) is 50.6 Å². The molecule has 188 valence electrons. The number of ether oxygens (including phenoxy) is 1. The van der Waals surface area contributed by atoms with Crippen molar-refractivity contribution in [3.05, 3.63) is 61.1 Å². The lowest BCUT2D eigenvalue weighted by atomic mass is 10.1. The van der Waals surface area contributed by atoms with Gasteiger partial charge in [0.25, 0.3) is 0 Å². The maximum absolute atomic E-state index is 5.59. The molecule has 4 rings (SSSR count). The van der Waals surface area contributed by atoms with Crippen LogP contribution in [0.1, 0.15) is 20.3 Å². The van der Waals surface area contributed by atoms with Crippen LogP contribution in [0.15, 0.2) is 65.5 Å². The first-order chi connectivity index (χ1) is 17.6. The van der Waals surface area contributed by atoms with Crippen molar-refractivity contribution in [1.82, 2.24) is 24.8 Å². The Kier molecular flexibility index (Phi) is 8.46. The molecular weight excluding hydrogens is 454 g/mol. The van der Waals surface area contributed by atoms with Gasteiger partial charge in [-0.05, 0) is 38.2 Å². The summed E-state index contributed by atoms with van der Waals surface area (Å²) < 4.78 is 11.0. The third kappa shape index (κ3) is 6.17. The van der Waals surface area contributed by atoms with Gasteiger partial charge in [-0.25, -0.2) is 4.98 Å². The fourth-order valence-electron chi connectivity index (χ4n) is 3.93. The van der Waals surface area contributed by atoms with Gasteiger partial charge in [-0.2, -0.15) is 15.0 Å². The summed E-state index contributed by atoms with van der Waals surface area (Å²) in [6.07, 6.45) is 4.08. The predicted molar refractivity (Wildman–Crippen MR) is 143 cm³/mol. The summed E-state index contributed by atoms with van der Waals surface area (Å²) in [6.45, 7) is 8.37. The lowest BCUT2D eigenvalue weighted by Gasteiger charge is -2.22. The topological polar surface area (TPSA) is 92.4 Å². The number of nitrogens with zero attached hydrogens (tertiary/aromatic N) is 6. The number of rotatable bonds is 12. The van der Waals surface area contributed by atoms with Gasteiger partial charge in [0.1, 0.15) is 5.75 Å². The van der Waals surface area contributed by atoms with E-state index in [-0.39, 0.29) is 0 Å². The molecule has 9 heteroatoms. The SMILES string of the molecule is CCN(CC)CCCN(C)c1nc(Nc2ccc(-c3cnco3)c(OC)c2)nc(-c2ccccc2)n1. The minimum Gasteiger partial charge on any atom is -0.496 e. The molecule has 0 radical (unpaired) electrons. The van der Waals surface area contributed by atoms with Gasteiger partial charge in [0.15, 0.2) is 18.0 Å². The predicted octanol–water partition coefficient (Wildman–Crippen LogP) is 5.11. The first-order valence-corrected chi connectivity index (χ1v) is 12.2. The smallest absolute Gasteiger partial charge is 0.232 e. The Labute approximate surface area is 212 Å². The lowest BCUT2D eigenvalue weighted by Crippen LogP contribution is -2.29. The number of hydrogen-bond acceptors (Lipinski definition) is 9. The van der Waals surface area contributed by atoms with Crippen LogP contribution in [-0.4, -0.2) is 65.2 Å². The van der Waals surface area contributed by atoms with Crippen molar-refractivity contribution in [3.63, 3.8) is 0 Å². The number of benzene rings is 2. The molecule has 0 aliphatic heterocycles. The third-order valence-electron chi connectivity index (χ3n) is 6.01. The lowest BCUT2D eigenvalue weighted by molar-refractivity contribution is 0.301. The molecule has 0 saturated heterocycles. The van der Waals surface area contributed by atoms with Gasteiger partial charge in [0, 0.05) is 30.9 Å². The van der Waals surface area contributed by atoms with Crippen LogP contribution in [-0.2, 0) is 0 Å². The molecule has 0 amide bonds. The number of oxazole rings is 1. The van der Waals surface area contributed by atoms with Crippen LogP contribution in [0.25, 0.3) is 22.7 Å². The van der Waals surface area contributed by atoms with E-state index in [9.17, 15) is 0 Å². The zero-order chi connectivity index (χ0) is 25.3. The molecule has 36 heavy (non-hydrogen) atoms. The average Bonchev–Trinajstić information content (AvgIpc) is 3.46. The molecule has 2 aromatic heterocycles. The molecule has 0 aliphatic rings. The Bertz CT molecular complexity index is 1230. The van der Waals surface area contributed by atoms with Gasteiger partial charge >= 0.3 is 0 Å². The van der Waals surface area contributed by atoms with E-state index >= 15 is 0 Å². The molecule has 0 unspecified atom stereocenters. The standard InChI is InChI=1S/C27H33N7O2/c1-5-34(6-2)16-10-15-33(3)27-31-25(20-11-8-7-9-12-20)30-26(32-27)29-21-13-14-22(23(17-21)35-4)24-18-28-19-36-24/h7-9,11-14,17-19H,5-6,10,15-16H2,1-4H3,(H,29,30,31,32). The Hall–Kier alpha value is -3.98. The molecule has 0 atom stereocenters. The number of anilines is 3. The maximum atomic E-state index is 5.59. The quantitative estimate of drug-likeness (QED) is 0.292. The monoisotopic (exact) mass is 487 g/mol. The molecule has 0 saturated carbocycles. The average molecular weight is 488 g/mol. The van der Waals surface area contributed by atoms with Gasteiger partial charge < -0.3 is 24.3 Å². The summed E-state index contributed by atoms with van der Waals surface area (Å²) in [7, 11) is 3.64. The van der Waals surface area contributed by atoms with E-state index in [1.807, 2.05) is 55.6 Å². The van der Waals surface area contributed by atoms with E-state index < -0.39 is 0 Å². The Morgan fingerprint density at radius 3 is 2.47 bits per heavy atom. The molecule has 0 fully saturated rings. The molecule has 4 aromatic rings. The molecule has 0 aliphatic carbocycles. The third-order valence-corrected chi connectivity index (χ3v) is 6.01. The number of aromatic nitrogens is 4. The van der Waals surface area contributed by atoms with Crippen LogP contribution < -0.4 is 15.0 Å². The van der Waals surface area contributed by atoms with Gasteiger partial charge in [0.05, 0.1) is 18.9 Å². The van der Waals surface area contributed by atoms with E-state index in [1.54, 1.807) is 13.3 Å². The number of methoxy groups -OCH3 is 1. The van der Waals surface area contributed by atoms with Crippen molar-refractivity contribution < 1.29 is 9.15 Å². The summed E-state index contributed by atoms with van der Waals surface area (Å²) in [5.74, 6) is 2.99. The van der Waals surface area contributed by atoms with Crippen molar-refractivity contribution >= 4 is 17.6 Å². The van der Waals surface area contributed by atoms with E-state index in [0.29, 0.717) is 29.2 Å². The fraction of sp³-hybridized carbons (Fsp3) is 0.333. The van der Waals surface area contributed by atoms with Crippen LogP contribution in [0.5, 0.6) is 5.75 Å². The van der Waals surface area contributed by atoms with Gasteiger partial charge in [0.2, 0.25) is 11.9 Å². The number of hydrogen-bond donors (Lipinski definition) is 1. The Morgan fingerprint density at radius 1 is 0.972 bits per heavy atom. The van der Waals surface area contributed by atoms with Crippen LogP contribution in [0, 0.1) is 0 Å². The maximum Gasteiger partial charge on any atom is 0.232 e. The second-order valence-electron chi connectivity index (χ2n) is 8.36. The highest BCUT2D eigenvalue weighted by molar-refractivity contribution is 5.71. The molecule has 2 aromatic carbocycles. The Morgan fingerprint density at radius 2 is 1.78 bits per heavy atom. The molecule has 9 nitrogen and oxygen atoms in total. The highest BCUT2D eigenvalue weighted by Gasteiger charge is 2.15. The van der Waals surface area contributed by atoms with Crippen molar-refractivity contribution in [2.24, 2.45) is 0 Å². The minimum atomic E-state index is 0.462. The van der Waals surface area contributed by atoms with Crippen LogP contribution >= 0.6 is 0 Å². The van der Waals surface area contributed by atoms with Gasteiger partial charge in [-0.1, -0.05) is 44.2 Å². The molecular formula is C27H33N7O2. The number of nitrogens with one attached hydrogen (secondary N) is 1.